The molecule has 0 bridgehead atoms. The predicted molar refractivity (Wildman–Crippen MR) is 72.3 cm³/mol. The number of nitrogen functional groups attached to an aromatic ring is 1. The van der Waals surface area contributed by atoms with Crippen molar-refractivity contribution in [2.24, 2.45) is 0 Å². The first-order chi connectivity index (χ1) is 8.77. The highest BCUT2D eigenvalue weighted by atomic mass is 16.3. The van der Waals surface area contributed by atoms with Gasteiger partial charge in [0.2, 0.25) is 0 Å². The first kappa shape index (κ1) is 12.7. The van der Waals surface area contributed by atoms with Crippen LogP contribution in [0.4, 0.5) is 11.4 Å². The van der Waals surface area contributed by atoms with Gasteiger partial charge in [-0.2, -0.15) is 5.26 Å². The molecule has 0 aliphatic heterocycles. The third-order valence-electron chi connectivity index (χ3n) is 3.59. The number of hydrogen-bond acceptors (Lipinski definition) is 4. The Hall–Kier alpha value is -1.73. The van der Waals surface area contributed by atoms with Gasteiger partial charge in [-0.3, -0.25) is 0 Å². The summed E-state index contributed by atoms with van der Waals surface area (Å²) in [6.45, 7) is 0.974. The molecule has 0 unspecified atom stereocenters. The Labute approximate surface area is 108 Å². The van der Waals surface area contributed by atoms with Gasteiger partial charge in [-0.1, -0.05) is 6.07 Å². The average Bonchev–Trinajstić information content (AvgIpc) is 2.32. The minimum atomic E-state index is 0.182. The summed E-state index contributed by atoms with van der Waals surface area (Å²) in [5, 5.41) is 18.0. The van der Waals surface area contributed by atoms with Gasteiger partial charge in [0.05, 0.1) is 16.9 Å². The predicted octanol–water partition coefficient (Wildman–Crippen LogP) is 1.88. The van der Waals surface area contributed by atoms with E-state index in [4.69, 9.17) is 16.1 Å². The number of benzene rings is 1. The van der Waals surface area contributed by atoms with Crippen molar-refractivity contribution in [2.45, 2.75) is 31.7 Å². The number of aliphatic hydroxyl groups is 1. The first-order valence-corrected chi connectivity index (χ1v) is 6.44. The lowest BCUT2D eigenvalue weighted by molar-refractivity contribution is 0.283. The van der Waals surface area contributed by atoms with Gasteiger partial charge in [-0.25, -0.2) is 0 Å². The Bertz CT molecular complexity index is 449. The van der Waals surface area contributed by atoms with Crippen molar-refractivity contribution < 1.29 is 5.11 Å². The van der Waals surface area contributed by atoms with Gasteiger partial charge in [-0.05, 0) is 37.8 Å². The van der Waals surface area contributed by atoms with E-state index in [0.717, 1.165) is 18.7 Å². The normalized spacial score (nSPS) is 14.9. The highest BCUT2D eigenvalue weighted by Crippen LogP contribution is 2.34. The molecule has 2 rings (SSSR count). The SMILES string of the molecule is N#Cc1cccc(N(CCCO)C2CCC2)c1N. The second kappa shape index (κ2) is 5.74. The summed E-state index contributed by atoms with van der Waals surface area (Å²) in [4.78, 5) is 2.25. The molecular weight excluding hydrogens is 226 g/mol. The lowest BCUT2D eigenvalue weighted by Crippen LogP contribution is -2.41. The second-order valence-corrected chi connectivity index (χ2v) is 4.71. The van der Waals surface area contributed by atoms with Crippen LogP contribution in [0.1, 0.15) is 31.2 Å². The van der Waals surface area contributed by atoms with Crippen molar-refractivity contribution >= 4 is 11.4 Å². The molecule has 1 aromatic carbocycles. The van der Waals surface area contributed by atoms with E-state index in [1.54, 1.807) is 6.07 Å². The molecule has 4 nitrogen and oxygen atoms in total. The maximum atomic E-state index is 9.02. The smallest absolute Gasteiger partial charge is 0.101 e. The van der Waals surface area contributed by atoms with E-state index in [9.17, 15) is 0 Å². The molecule has 0 aromatic heterocycles. The maximum absolute atomic E-state index is 9.02. The second-order valence-electron chi connectivity index (χ2n) is 4.71. The molecule has 4 heteroatoms. The number of nitrogens with two attached hydrogens (primary N) is 1. The molecule has 0 atom stereocenters. The third-order valence-corrected chi connectivity index (χ3v) is 3.59. The van der Waals surface area contributed by atoms with Gasteiger partial charge < -0.3 is 15.7 Å². The number of para-hydroxylation sites is 1. The fourth-order valence-corrected chi connectivity index (χ4v) is 2.34. The summed E-state index contributed by atoms with van der Waals surface area (Å²) in [6, 6.07) is 8.20. The largest absolute Gasteiger partial charge is 0.396 e. The van der Waals surface area contributed by atoms with Crippen LogP contribution in [-0.2, 0) is 0 Å². The van der Waals surface area contributed by atoms with Crippen LogP contribution in [0.5, 0.6) is 0 Å². The highest BCUT2D eigenvalue weighted by molar-refractivity contribution is 5.74. The molecule has 0 radical (unpaired) electrons. The van der Waals surface area contributed by atoms with Crippen LogP contribution in [0, 0.1) is 11.3 Å². The van der Waals surface area contributed by atoms with Gasteiger partial charge in [0.1, 0.15) is 6.07 Å². The van der Waals surface area contributed by atoms with Crippen LogP contribution in [0.15, 0.2) is 18.2 Å². The van der Waals surface area contributed by atoms with E-state index >= 15 is 0 Å². The average molecular weight is 245 g/mol. The monoisotopic (exact) mass is 245 g/mol. The Morgan fingerprint density at radius 1 is 1.44 bits per heavy atom. The molecule has 1 aliphatic carbocycles. The number of aliphatic hydroxyl groups excluding tert-OH is 1. The van der Waals surface area contributed by atoms with Gasteiger partial charge in [0, 0.05) is 19.2 Å². The molecule has 1 saturated carbocycles. The first-order valence-electron chi connectivity index (χ1n) is 6.44. The summed E-state index contributed by atoms with van der Waals surface area (Å²) in [5.74, 6) is 0. The van der Waals surface area contributed by atoms with Gasteiger partial charge >= 0.3 is 0 Å². The summed E-state index contributed by atoms with van der Waals surface area (Å²) in [7, 11) is 0. The summed E-state index contributed by atoms with van der Waals surface area (Å²) in [5.41, 5.74) is 8.08. The van der Waals surface area contributed by atoms with Crippen LogP contribution in [0.3, 0.4) is 0 Å². The number of anilines is 2. The zero-order valence-corrected chi connectivity index (χ0v) is 10.5. The van der Waals surface area contributed by atoms with Gasteiger partial charge in [-0.15, -0.1) is 0 Å². The molecule has 3 N–H and O–H groups in total. The number of rotatable bonds is 5. The molecule has 0 amide bonds. The van der Waals surface area contributed by atoms with Crippen LogP contribution in [0.25, 0.3) is 0 Å². The Morgan fingerprint density at radius 3 is 2.78 bits per heavy atom. The molecule has 96 valence electrons. The minimum Gasteiger partial charge on any atom is -0.396 e. The van der Waals surface area contributed by atoms with E-state index in [-0.39, 0.29) is 6.61 Å². The van der Waals surface area contributed by atoms with Crippen molar-refractivity contribution in [2.75, 3.05) is 23.8 Å². The molecule has 1 aromatic rings. The number of nitriles is 1. The fraction of sp³-hybridized carbons (Fsp3) is 0.500. The molecule has 18 heavy (non-hydrogen) atoms. The lowest BCUT2D eigenvalue weighted by atomic mass is 9.90. The van der Waals surface area contributed by atoms with E-state index in [2.05, 4.69) is 11.0 Å². The van der Waals surface area contributed by atoms with E-state index in [1.807, 2.05) is 12.1 Å². The van der Waals surface area contributed by atoms with Crippen LogP contribution >= 0.6 is 0 Å². The molecule has 0 heterocycles. The van der Waals surface area contributed by atoms with Gasteiger partial charge in [0.25, 0.3) is 0 Å². The number of nitrogens with zero attached hydrogens (tertiary/aromatic N) is 2. The minimum absolute atomic E-state index is 0.182. The van der Waals surface area contributed by atoms with E-state index in [0.29, 0.717) is 17.3 Å². The Morgan fingerprint density at radius 2 is 2.22 bits per heavy atom. The zero-order chi connectivity index (χ0) is 13.0. The lowest BCUT2D eigenvalue weighted by Gasteiger charge is -2.40. The molecule has 1 aliphatic rings. The summed E-state index contributed by atoms with van der Waals surface area (Å²) in [6.07, 6.45) is 4.31. The quantitative estimate of drug-likeness (QED) is 0.777. The van der Waals surface area contributed by atoms with Crippen molar-refractivity contribution in [3.8, 4) is 6.07 Å². The number of hydrogen-bond donors (Lipinski definition) is 2. The van der Waals surface area contributed by atoms with Gasteiger partial charge in [0.15, 0.2) is 0 Å². The summed E-state index contributed by atoms with van der Waals surface area (Å²) >= 11 is 0. The molecule has 1 fully saturated rings. The molecule has 0 spiro atoms. The standard InChI is InChI=1S/C14H19N3O/c15-10-11-4-1-7-13(14(11)16)17(8-3-9-18)12-5-2-6-12/h1,4,7,12,18H,2-3,5-6,8-9,16H2. The third kappa shape index (κ3) is 2.41. The van der Waals surface area contributed by atoms with Crippen molar-refractivity contribution in [1.29, 1.82) is 5.26 Å². The van der Waals surface area contributed by atoms with E-state index < -0.39 is 0 Å². The van der Waals surface area contributed by atoms with Crippen molar-refractivity contribution in [1.82, 2.24) is 0 Å². The van der Waals surface area contributed by atoms with Crippen LogP contribution < -0.4 is 10.6 Å². The molecular formula is C14H19N3O. The maximum Gasteiger partial charge on any atom is 0.101 e. The highest BCUT2D eigenvalue weighted by Gasteiger charge is 2.26. The Balaban J connectivity index is 2.26. The summed E-state index contributed by atoms with van der Waals surface area (Å²) < 4.78 is 0. The zero-order valence-electron chi connectivity index (χ0n) is 10.5. The molecule has 0 saturated heterocycles. The van der Waals surface area contributed by atoms with Crippen LogP contribution in [-0.4, -0.2) is 24.3 Å². The Kier molecular flexibility index (Phi) is 4.06. The van der Waals surface area contributed by atoms with Crippen LogP contribution in [0.2, 0.25) is 0 Å². The fourth-order valence-electron chi connectivity index (χ4n) is 2.34. The topological polar surface area (TPSA) is 73.3 Å². The van der Waals surface area contributed by atoms with Crippen molar-refractivity contribution in [3.05, 3.63) is 23.8 Å². The van der Waals surface area contributed by atoms with Crippen molar-refractivity contribution in [3.63, 3.8) is 0 Å². The van der Waals surface area contributed by atoms with E-state index in [1.165, 1.54) is 19.3 Å².